The van der Waals surface area contributed by atoms with Gasteiger partial charge in [-0.25, -0.2) is 19.3 Å². The highest BCUT2D eigenvalue weighted by molar-refractivity contribution is 6.30. The summed E-state index contributed by atoms with van der Waals surface area (Å²) in [5.74, 6) is 0.812. The topological polar surface area (TPSA) is 93.8 Å². The van der Waals surface area contributed by atoms with Crippen LogP contribution in [0.3, 0.4) is 0 Å². The van der Waals surface area contributed by atoms with Gasteiger partial charge in [0.15, 0.2) is 5.82 Å². The van der Waals surface area contributed by atoms with Crippen LogP contribution in [0.4, 0.5) is 16.2 Å². The Morgan fingerprint density at radius 3 is 2.82 bits per heavy atom. The number of nitrogens with zero attached hydrogens (tertiary/aromatic N) is 7. The average Bonchev–Trinajstić information content (AvgIpc) is 3.41. The fourth-order valence-electron chi connectivity index (χ4n) is 3.72. The van der Waals surface area contributed by atoms with Gasteiger partial charge in [-0.3, -0.25) is 9.48 Å². The number of rotatable bonds is 5. The van der Waals surface area contributed by atoms with Gasteiger partial charge in [-0.1, -0.05) is 17.7 Å². The number of imidazole rings is 1. The van der Waals surface area contributed by atoms with Crippen molar-refractivity contribution in [2.75, 3.05) is 11.9 Å². The maximum absolute atomic E-state index is 13.5. The molecule has 168 valence electrons. The van der Waals surface area contributed by atoms with Crippen LogP contribution in [0.5, 0.6) is 0 Å². The third-order valence-corrected chi connectivity index (χ3v) is 5.79. The highest BCUT2D eigenvalue weighted by Crippen LogP contribution is 2.25. The van der Waals surface area contributed by atoms with Crippen molar-refractivity contribution in [3.8, 4) is 11.4 Å². The Bertz CT molecular complexity index is 1360. The van der Waals surface area contributed by atoms with E-state index in [0.29, 0.717) is 42.8 Å². The third kappa shape index (κ3) is 4.05. The summed E-state index contributed by atoms with van der Waals surface area (Å²) in [6.07, 6.45) is 5.23. The van der Waals surface area contributed by atoms with Gasteiger partial charge in [-0.05, 0) is 30.2 Å². The second-order valence-electron chi connectivity index (χ2n) is 7.81. The number of fused-ring (bicyclic) bond motifs is 1. The molecular weight excluding hydrogens is 447 g/mol. The molecule has 0 saturated carbocycles. The zero-order valence-corrected chi connectivity index (χ0v) is 18.7. The van der Waals surface area contributed by atoms with Crippen LogP contribution in [0.15, 0.2) is 42.9 Å². The molecule has 33 heavy (non-hydrogen) atoms. The number of aromatic nitrogens is 6. The van der Waals surface area contributed by atoms with E-state index in [4.69, 9.17) is 11.6 Å². The lowest BCUT2D eigenvalue weighted by molar-refractivity contribution is 0.0683. The highest BCUT2D eigenvalue weighted by atomic mass is 35.5. The standard InChI is InChI=1S/C22H20ClFN8O/c1-13-10-25-22(28-18-5-6-26-30(18)2)29-19(13)17-12-31-7-8-32(21(33)20(31)27-17)11-14-3-4-16(24)15(23)9-14/h3-6,9-10,12H,7-8,11H2,1-2H3,(H,25,28,29). The van der Waals surface area contributed by atoms with Gasteiger partial charge in [0.2, 0.25) is 5.95 Å². The number of hydrogen-bond acceptors (Lipinski definition) is 6. The van der Waals surface area contributed by atoms with E-state index < -0.39 is 5.82 Å². The molecular formula is C22H20ClFN8O. The monoisotopic (exact) mass is 466 g/mol. The molecule has 0 bridgehead atoms. The largest absolute Gasteiger partial charge is 0.330 e. The van der Waals surface area contributed by atoms with Gasteiger partial charge in [0.1, 0.15) is 17.3 Å². The Morgan fingerprint density at radius 2 is 2.06 bits per heavy atom. The number of aryl methyl sites for hydroxylation is 2. The summed E-state index contributed by atoms with van der Waals surface area (Å²) in [5.41, 5.74) is 2.83. The van der Waals surface area contributed by atoms with Crippen LogP contribution >= 0.6 is 11.6 Å². The van der Waals surface area contributed by atoms with Crippen LogP contribution in [-0.4, -0.2) is 46.7 Å². The van der Waals surface area contributed by atoms with Gasteiger partial charge in [0, 0.05) is 45.1 Å². The molecule has 0 fully saturated rings. The number of anilines is 2. The summed E-state index contributed by atoms with van der Waals surface area (Å²) in [4.78, 5) is 28.3. The summed E-state index contributed by atoms with van der Waals surface area (Å²) in [6.45, 7) is 3.32. The summed E-state index contributed by atoms with van der Waals surface area (Å²) >= 11 is 5.88. The van der Waals surface area contributed by atoms with E-state index in [-0.39, 0.29) is 10.9 Å². The van der Waals surface area contributed by atoms with Crippen molar-refractivity contribution in [1.82, 2.24) is 34.2 Å². The predicted octanol–water partition coefficient (Wildman–Crippen LogP) is 3.57. The number of benzene rings is 1. The van der Waals surface area contributed by atoms with Crippen LogP contribution in [0, 0.1) is 12.7 Å². The van der Waals surface area contributed by atoms with Crippen molar-refractivity contribution in [2.24, 2.45) is 7.05 Å². The van der Waals surface area contributed by atoms with Crippen molar-refractivity contribution in [3.63, 3.8) is 0 Å². The van der Waals surface area contributed by atoms with E-state index in [9.17, 15) is 9.18 Å². The number of carbonyl (C=O) groups excluding carboxylic acids is 1. The summed E-state index contributed by atoms with van der Waals surface area (Å²) < 4.78 is 17.0. The van der Waals surface area contributed by atoms with Gasteiger partial charge in [-0.15, -0.1) is 0 Å². The van der Waals surface area contributed by atoms with Gasteiger partial charge < -0.3 is 14.8 Å². The molecule has 1 aliphatic heterocycles. The summed E-state index contributed by atoms with van der Waals surface area (Å²) in [5, 5.41) is 7.30. The molecule has 0 radical (unpaired) electrons. The lowest BCUT2D eigenvalue weighted by atomic mass is 10.2. The minimum atomic E-state index is -0.483. The maximum Gasteiger partial charge on any atom is 0.290 e. The molecule has 1 aliphatic rings. The summed E-state index contributed by atoms with van der Waals surface area (Å²) in [7, 11) is 1.82. The molecule has 5 rings (SSSR count). The van der Waals surface area contributed by atoms with Crippen molar-refractivity contribution >= 4 is 29.3 Å². The van der Waals surface area contributed by atoms with Crippen molar-refractivity contribution in [1.29, 1.82) is 0 Å². The Hall–Kier alpha value is -3.79. The molecule has 1 amide bonds. The maximum atomic E-state index is 13.5. The number of hydrogen-bond donors (Lipinski definition) is 1. The molecule has 9 nitrogen and oxygen atoms in total. The van der Waals surface area contributed by atoms with Crippen molar-refractivity contribution < 1.29 is 9.18 Å². The van der Waals surface area contributed by atoms with Gasteiger partial charge in [-0.2, -0.15) is 5.10 Å². The number of halogens is 2. The Balaban J connectivity index is 1.40. The molecule has 4 aromatic rings. The molecule has 0 aliphatic carbocycles. The average molecular weight is 467 g/mol. The highest BCUT2D eigenvalue weighted by Gasteiger charge is 2.28. The normalized spacial score (nSPS) is 13.3. The quantitative estimate of drug-likeness (QED) is 0.483. The van der Waals surface area contributed by atoms with Crippen LogP contribution in [0.25, 0.3) is 11.4 Å². The van der Waals surface area contributed by atoms with Gasteiger partial charge in [0.25, 0.3) is 5.91 Å². The van der Waals surface area contributed by atoms with Crippen LogP contribution in [0.1, 0.15) is 21.7 Å². The first-order chi connectivity index (χ1) is 15.9. The first kappa shape index (κ1) is 21.1. The molecule has 11 heteroatoms. The molecule has 1 aromatic carbocycles. The molecule has 0 atom stereocenters. The first-order valence-electron chi connectivity index (χ1n) is 10.3. The Kier molecular flexibility index (Phi) is 5.29. The Morgan fingerprint density at radius 1 is 1.21 bits per heavy atom. The molecule has 0 unspecified atom stereocenters. The zero-order chi connectivity index (χ0) is 23.1. The fourth-order valence-corrected chi connectivity index (χ4v) is 3.93. The van der Waals surface area contributed by atoms with E-state index in [1.165, 1.54) is 12.1 Å². The van der Waals surface area contributed by atoms with Crippen LogP contribution < -0.4 is 5.32 Å². The minimum Gasteiger partial charge on any atom is -0.330 e. The second kappa shape index (κ2) is 8.28. The molecule has 1 N–H and O–H groups in total. The number of amides is 1. The zero-order valence-electron chi connectivity index (χ0n) is 18.0. The predicted molar refractivity (Wildman–Crippen MR) is 121 cm³/mol. The van der Waals surface area contributed by atoms with E-state index in [0.717, 1.165) is 16.9 Å². The lowest BCUT2D eigenvalue weighted by Crippen LogP contribution is -2.39. The van der Waals surface area contributed by atoms with E-state index in [2.05, 4.69) is 25.4 Å². The van der Waals surface area contributed by atoms with Crippen molar-refractivity contribution in [2.45, 2.75) is 20.0 Å². The van der Waals surface area contributed by atoms with E-state index in [1.807, 2.05) is 30.8 Å². The fraction of sp³-hybridized carbons (Fsp3) is 0.227. The molecule has 3 aromatic heterocycles. The van der Waals surface area contributed by atoms with E-state index in [1.54, 1.807) is 28.0 Å². The molecule has 0 saturated heterocycles. The smallest absolute Gasteiger partial charge is 0.290 e. The van der Waals surface area contributed by atoms with E-state index >= 15 is 0 Å². The third-order valence-electron chi connectivity index (χ3n) is 5.50. The second-order valence-corrected chi connectivity index (χ2v) is 8.22. The SMILES string of the molecule is Cc1cnc(Nc2ccnn2C)nc1-c1cn2c(n1)C(=O)N(Cc1ccc(F)c(Cl)c1)CC2. The molecule has 0 spiro atoms. The minimum absolute atomic E-state index is 0.0375. The van der Waals surface area contributed by atoms with Gasteiger partial charge >= 0.3 is 0 Å². The number of carbonyl (C=O) groups is 1. The Labute approximate surface area is 193 Å². The molecule has 4 heterocycles. The van der Waals surface area contributed by atoms with Crippen LogP contribution in [-0.2, 0) is 20.1 Å². The lowest BCUT2D eigenvalue weighted by Gasteiger charge is -2.27. The van der Waals surface area contributed by atoms with Crippen molar-refractivity contribution in [3.05, 3.63) is 70.6 Å². The summed E-state index contributed by atoms with van der Waals surface area (Å²) in [6, 6.07) is 6.29. The van der Waals surface area contributed by atoms with Crippen LogP contribution in [0.2, 0.25) is 5.02 Å². The first-order valence-corrected chi connectivity index (χ1v) is 10.7. The van der Waals surface area contributed by atoms with Gasteiger partial charge in [0.05, 0.1) is 16.9 Å². The number of nitrogens with one attached hydrogen (secondary N) is 1.